The van der Waals surface area contributed by atoms with Crippen molar-refractivity contribution in [2.45, 2.75) is 6.92 Å². The molecule has 0 fully saturated rings. The molecule has 0 amide bonds. The van der Waals surface area contributed by atoms with Crippen LogP contribution in [0.15, 0.2) is 23.8 Å². The van der Waals surface area contributed by atoms with E-state index >= 15 is 0 Å². The van der Waals surface area contributed by atoms with Crippen LogP contribution in [-0.4, -0.2) is 12.9 Å². The lowest BCUT2D eigenvalue weighted by Crippen LogP contribution is -2.08. The third-order valence-corrected chi connectivity index (χ3v) is 2.12. The Kier molecular flexibility index (Phi) is 1.89. The summed E-state index contributed by atoms with van der Waals surface area (Å²) in [5.41, 5.74) is 2.80. The molecular weight excluding hydrogens is 164 g/mol. The van der Waals surface area contributed by atoms with Crippen LogP contribution >= 0.6 is 0 Å². The van der Waals surface area contributed by atoms with Crippen molar-refractivity contribution in [2.75, 3.05) is 6.61 Å². The Morgan fingerprint density at radius 2 is 2.31 bits per heavy atom. The Bertz CT molecular complexity index is 378. The lowest BCUT2D eigenvalue weighted by molar-refractivity contribution is -0.105. The molecule has 0 spiro atoms. The molecule has 0 radical (unpaired) electrons. The molecular formula is C11H10O2. The molecule has 13 heavy (non-hydrogen) atoms. The van der Waals surface area contributed by atoms with Crippen LogP contribution in [0.5, 0.6) is 5.75 Å². The van der Waals surface area contributed by atoms with E-state index in [1.165, 1.54) is 0 Å². The number of aldehydes is 1. The molecule has 1 aliphatic heterocycles. The third kappa shape index (κ3) is 1.35. The van der Waals surface area contributed by atoms with Gasteiger partial charge in [-0.05, 0) is 18.6 Å². The van der Waals surface area contributed by atoms with Gasteiger partial charge in [0, 0.05) is 11.1 Å². The van der Waals surface area contributed by atoms with Crippen LogP contribution in [0, 0.1) is 6.92 Å². The second kappa shape index (κ2) is 3.05. The van der Waals surface area contributed by atoms with Gasteiger partial charge in [-0.1, -0.05) is 18.2 Å². The Labute approximate surface area is 76.8 Å². The van der Waals surface area contributed by atoms with Gasteiger partial charge in [0.25, 0.3) is 0 Å². The lowest BCUT2D eigenvalue weighted by atomic mass is 10.1. The Morgan fingerprint density at radius 1 is 1.46 bits per heavy atom. The summed E-state index contributed by atoms with van der Waals surface area (Å²) in [6.07, 6.45) is 2.71. The van der Waals surface area contributed by atoms with Crippen molar-refractivity contribution in [3.63, 3.8) is 0 Å². The van der Waals surface area contributed by atoms with Gasteiger partial charge >= 0.3 is 0 Å². The third-order valence-electron chi connectivity index (χ3n) is 2.12. The summed E-state index contributed by atoms with van der Waals surface area (Å²) in [6, 6.07) is 5.91. The number of hydrogen-bond acceptors (Lipinski definition) is 2. The molecule has 1 heterocycles. The van der Waals surface area contributed by atoms with Crippen molar-refractivity contribution in [3.05, 3.63) is 34.9 Å². The molecule has 66 valence electrons. The molecule has 1 aromatic carbocycles. The molecule has 0 saturated carbocycles. The number of rotatable bonds is 1. The minimum absolute atomic E-state index is 0.390. The van der Waals surface area contributed by atoms with Crippen molar-refractivity contribution in [2.24, 2.45) is 0 Å². The standard InChI is InChI=1S/C11H10O2/c1-8-3-2-4-10-5-9(6-12)7-13-11(8)10/h2-6H,7H2,1H3. The number of fused-ring (bicyclic) bond motifs is 1. The molecule has 1 aliphatic rings. The van der Waals surface area contributed by atoms with Crippen LogP contribution in [0.3, 0.4) is 0 Å². The quantitative estimate of drug-likeness (QED) is 0.608. The van der Waals surface area contributed by atoms with Gasteiger partial charge in [-0.15, -0.1) is 0 Å². The van der Waals surface area contributed by atoms with Gasteiger partial charge in [-0.25, -0.2) is 0 Å². The van der Waals surface area contributed by atoms with Gasteiger partial charge in [-0.2, -0.15) is 0 Å². The minimum Gasteiger partial charge on any atom is -0.488 e. The number of carbonyl (C=O) groups is 1. The van der Waals surface area contributed by atoms with E-state index in [9.17, 15) is 4.79 Å². The maximum atomic E-state index is 10.5. The van der Waals surface area contributed by atoms with Crippen LogP contribution in [0.4, 0.5) is 0 Å². The summed E-state index contributed by atoms with van der Waals surface area (Å²) in [4.78, 5) is 10.5. The predicted octanol–water partition coefficient (Wildman–Crippen LogP) is 1.97. The van der Waals surface area contributed by atoms with Crippen molar-refractivity contribution in [1.82, 2.24) is 0 Å². The van der Waals surface area contributed by atoms with E-state index in [1.54, 1.807) is 0 Å². The normalized spacial score (nSPS) is 14.1. The Hall–Kier alpha value is -1.57. The molecule has 2 rings (SSSR count). The molecule has 0 unspecified atom stereocenters. The van der Waals surface area contributed by atoms with Crippen LogP contribution in [0.25, 0.3) is 6.08 Å². The Balaban J connectivity index is 2.53. The Morgan fingerprint density at radius 3 is 3.08 bits per heavy atom. The van der Waals surface area contributed by atoms with Crippen LogP contribution < -0.4 is 4.74 Å². The van der Waals surface area contributed by atoms with E-state index in [0.29, 0.717) is 12.2 Å². The minimum atomic E-state index is 0.390. The maximum Gasteiger partial charge on any atom is 0.149 e. The average Bonchev–Trinajstić information content (AvgIpc) is 2.18. The summed E-state index contributed by atoms with van der Waals surface area (Å²) < 4.78 is 5.46. The number of benzene rings is 1. The zero-order chi connectivity index (χ0) is 9.26. The summed E-state index contributed by atoms with van der Waals surface area (Å²) in [7, 11) is 0. The molecule has 0 bridgehead atoms. The van der Waals surface area contributed by atoms with Gasteiger partial charge in [0.15, 0.2) is 0 Å². The molecule has 2 heteroatoms. The SMILES string of the molecule is Cc1cccc2c1OCC(C=O)=C2. The molecule has 0 aromatic heterocycles. The lowest BCUT2D eigenvalue weighted by Gasteiger charge is -2.16. The van der Waals surface area contributed by atoms with Crippen molar-refractivity contribution >= 4 is 12.4 Å². The number of carbonyl (C=O) groups excluding carboxylic acids is 1. The summed E-state index contributed by atoms with van der Waals surface area (Å²) in [5, 5.41) is 0. The zero-order valence-electron chi connectivity index (χ0n) is 7.41. The number of hydrogen-bond donors (Lipinski definition) is 0. The highest BCUT2D eigenvalue weighted by atomic mass is 16.5. The fraction of sp³-hybridized carbons (Fsp3) is 0.182. The fourth-order valence-electron chi connectivity index (χ4n) is 1.45. The molecule has 0 atom stereocenters. The molecule has 2 nitrogen and oxygen atoms in total. The maximum absolute atomic E-state index is 10.5. The first-order valence-corrected chi connectivity index (χ1v) is 4.19. The van der Waals surface area contributed by atoms with Crippen molar-refractivity contribution in [1.29, 1.82) is 0 Å². The second-order valence-corrected chi connectivity index (χ2v) is 3.12. The van der Waals surface area contributed by atoms with Gasteiger partial charge in [-0.3, -0.25) is 4.79 Å². The highest BCUT2D eigenvalue weighted by Gasteiger charge is 2.11. The number of ether oxygens (including phenoxy) is 1. The van der Waals surface area contributed by atoms with E-state index in [2.05, 4.69) is 0 Å². The summed E-state index contributed by atoms with van der Waals surface area (Å²) in [5.74, 6) is 0.896. The number of aryl methyl sites for hydroxylation is 1. The fourth-order valence-corrected chi connectivity index (χ4v) is 1.45. The predicted molar refractivity (Wildman–Crippen MR) is 50.7 cm³/mol. The highest BCUT2D eigenvalue weighted by molar-refractivity contribution is 5.84. The van der Waals surface area contributed by atoms with E-state index in [0.717, 1.165) is 23.2 Å². The van der Waals surface area contributed by atoms with Crippen LogP contribution in [-0.2, 0) is 4.79 Å². The van der Waals surface area contributed by atoms with Gasteiger partial charge in [0.2, 0.25) is 0 Å². The average molecular weight is 174 g/mol. The van der Waals surface area contributed by atoms with E-state index in [-0.39, 0.29) is 0 Å². The van der Waals surface area contributed by atoms with Gasteiger partial charge in [0.05, 0.1) is 0 Å². The first kappa shape index (κ1) is 8.05. The monoisotopic (exact) mass is 174 g/mol. The first-order chi connectivity index (χ1) is 6.31. The smallest absolute Gasteiger partial charge is 0.149 e. The van der Waals surface area contributed by atoms with Crippen molar-refractivity contribution < 1.29 is 9.53 Å². The van der Waals surface area contributed by atoms with E-state index in [1.807, 2.05) is 31.2 Å². The topological polar surface area (TPSA) is 26.3 Å². The van der Waals surface area contributed by atoms with Gasteiger partial charge < -0.3 is 4.74 Å². The summed E-state index contributed by atoms with van der Waals surface area (Å²) >= 11 is 0. The van der Waals surface area contributed by atoms with E-state index < -0.39 is 0 Å². The molecule has 1 aromatic rings. The molecule has 0 saturated heterocycles. The van der Waals surface area contributed by atoms with Crippen LogP contribution in [0.2, 0.25) is 0 Å². The van der Waals surface area contributed by atoms with Crippen LogP contribution in [0.1, 0.15) is 11.1 Å². The second-order valence-electron chi connectivity index (χ2n) is 3.12. The first-order valence-electron chi connectivity index (χ1n) is 4.19. The van der Waals surface area contributed by atoms with Crippen molar-refractivity contribution in [3.8, 4) is 5.75 Å². The number of para-hydroxylation sites is 1. The molecule has 0 aliphatic carbocycles. The largest absolute Gasteiger partial charge is 0.488 e. The highest BCUT2D eigenvalue weighted by Crippen LogP contribution is 2.28. The van der Waals surface area contributed by atoms with E-state index in [4.69, 9.17) is 4.74 Å². The molecule has 0 N–H and O–H groups in total. The van der Waals surface area contributed by atoms with Gasteiger partial charge in [0.1, 0.15) is 18.6 Å². The summed E-state index contributed by atoms with van der Waals surface area (Å²) in [6.45, 7) is 2.39. The zero-order valence-corrected chi connectivity index (χ0v) is 7.41.